The Balaban J connectivity index is 2.03. The van der Waals surface area contributed by atoms with Crippen LogP contribution in [0.2, 0.25) is 0 Å². The number of imidazole rings is 1. The predicted octanol–water partition coefficient (Wildman–Crippen LogP) is 5.35. The van der Waals surface area contributed by atoms with Gasteiger partial charge in [-0.25, -0.2) is 18.2 Å². The minimum Gasteiger partial charge on any atom is -0.294 e. The first kappa shape index (κ1) is 21.3. The SMILES string of the molecule is CC(C)(C)c1cn(-c2c(F)cc(F)cc2F)c(P(c2ccccc2)c2ccccc2)n1. The molecule has 0 aliphatic carbocycles. The standard InChI is InChI=1S/C25H22F3N2P/c1-25(2,3)22-16-30(23-20(27)14-17(26)15-21(23)28)24(29-22)31(18-10-6-4-7-11-18)19-12-8-5-9-13-19/h4-16H,1-3H3. The van der Waals surface area contributed by atoms with Crippen molar-refractivity contribution in [2.24, 2.45) is 0 Å². The third-order valence-corrected chi connectivity index (χ3v) is 7.25. The highest BCUT2D eigenvalue weighted by Crippen LogP contribution is 2.35. The van der Waals surface area contributed by atoms with E-state index in [0.717, 1.165) is 10.6 Å². The molecular weight excluding hydrogens is 416 g/mol. The second-order valence-corrected chi connectivity index (χ2v) is 10.4. The summed E-state index contributed by atoms with van der Waals surface area (Å²) in [6.07, 6.45) is 1.66. The van der Waals surface area contributed by atoms with Crippen LogP contribution in [0.5, 0.6) is 0 Å². The number of halogens is 3. The summed E-state index contributed by atoms with van der Waals surface area (Å²) in [5, 5.41) is 2.00. The van der Waals surface area contributed by atoms with Gasteiger partial charge in [-0.05, 0) is 10.6 Å². The summed E-state index contributed by atoms with van der Waals surface area (Å²) in [7, 11) is -1.22. The van der Waals surface area contributed by atoms with Gasteiger partial charge in [0.2, 0.25) is 0 Å². The molecule has 0 atom stereocenters. The molecule has 0 aliphatic heterocycles. The van der Waals surface area contributed by atoms with Gasteiger partial charge in [-0.2, -0.15) is 0 Å². The molecular formula is C25H22F3N2P. The first-order valence-electron chi connectivity index (χ1n) is 9.91. The van der Waals surface area contributed by atoms with E-state index in [2.05, 4.69) is 0 Å². The summed E-state index contributed by atoms with van der Waals surface area (Å²) >= 11 is 0. The lowest BCUT2D eigenvalue weighted by molar-refractivity contribution is 0.534. The van der Waals surface area contributed by atoms with Crippen LogP contribution >= 0.6 is 7.92 Å². The van der Waals surface area contributed by atoms with Crippen molar-refractivity contribution in [3.8, 4) is 5.69 Å². The molecule has 0 radical (unpaired) electrons. The summed E-state index contributed by atoms with van der Waals surface area (Å²) in [6, 6.07) is 21.0. The minimum absolute atomic E-state index is 0.321. The van der Waals surface area contributed by atoms with Crippen LogP contribution in [0.3, 0.4) is 0 Å². The Labute approximate surface area is 181 Å². The zero-order valence-corrected chi connectivity index (χ0v) is 18.4. The molecule has 158 valence electrons. The van der Waals surface area contributed by atoms with E-state index in [0.29, 0.717) is 23.4 Å². The van der Waals surface area contributed by atoms with Crippen LogP contribution in [0.15, 0.2) is 79.0 Å². The number of nitrogens with zero attached hydrogens (tertiary/aromatic N) is 2. The van der Waals surface area contributed by atoms with Gasteiger partial charge >= 0.3 is 0 Å². The van der Waals surface area contributed by atoms with Crippen molar-refractivity contribution in [3.05, 3.63) is 102 Å². The normalized spacial score (nSPS) is 11.8. The lowest BCUT2D eigenvalue weighted by atomic mass is 9.93. The minimum atomic E-state index is -1.22. The van der Waals surface area contributed by atoms with Crippen LogP contribution in [0.1, 0.15) is 26.5 Å². The molecule has 3 aromatic carbocycles. The first-order chi connectivity index (χ1) is 14.8. The molecule has 4 aromatic rings. The van der Waals surface area contributed by atoms with E-state index < -0.39 is 25.4 Å². The maximum absolute atomic E-state index is 14.8. The molecule has 1 heterocycles. The molecule has 0 N–H and O–H groups in total. The fraction of sp³-hybridized carbons (Fsp3) is 0.160. The highest BCUT2D eigenvalue weighted by molar-refractivity contribution is 7.79. The Hall–Kier alpha value is -2.91. The number of aromatic nitrogens is 2. The zero-order chi connectivity index (χ0) is 22.2. The summed E-state index contributed by atoms with van der Waals surface area (Å²) in [5.41, 5.74) is 0.562. The van der Waals surface area contributed by atoms with Crippen molar-refractivity contribution < 1.29 is 13.2 Å². The van der Waals surface area contributed by atoms with Crippen molar-refractivity contribution in [1.82, 2.24) is 9.55 Å². The van der Waals surface area contributed by atoms with Crippen LogP contribution in [0, 0.1) is 17.5 Å². The molecule has 0 amide bonds. The highest BCUT2D eigenvalue weighted by atomic mass is 31.1. The molecule has 0 saturated heterocycles. The van der Waals surface area contributed by atoms with Crippen LogP contribution in [0.25, 0.3) is 5.69 Å². The predicted molar refractivity (Wildman–Crippen MR) is 121 cm³/mol. The van der Waals surface area contributed by atoms with Gasteiger partial charge in [-0.1, -0.05) is 81.4 Å². The average Bonchev–Trinajstić information content (AvgIpc) is 3.14. The van der Waals surface area contributed by atoms with Crippen LogP contribution in [-0.2, 0) is 5.41 Å². The fourth-order valence-corrected chi connectivity index (χ4v) is 5.63. The van der Waals surface area contributed by atoms with E-state index in [9.17, 15) is 13.2 Å². The Kier molecular flexibility index (Phi) is 5.72. The van der Waals surface area contributed by atoms with Crippen molar-refractivity contribution >= 4 is 24.1 Å². The second-order valence-electron chi connectivity index (χ2n) is 8.27. The zero-order valence-electron chi connectivity index (χ0n) is 17.5. The molecule has 0 unspecified atom stereocenters. The van der Waals surface area contributed by atoms with Gasteiger partial charge in [0, 0.05) is 31.7 Å². The van der Waals surface area contributed by atoms with Crippen LogP contribution in [0.4, 0.5) is 13.2 Å². The number of benzene rings is 3. The van der Waals surface area contributed by atoms with E-state index in [1.165, 1.54) is 4.57 Å². The molecule has 0 aliphatic rings. The second kappa shape index (κ2) is 8.32. The number of rotatable bonds is 4. The van der Waals surface area contributed by atoms with Gasteiger partial charge in [-0.15, -0.1) is 0 Å². The Morgan fingerprint density at radius 2 is 1.26 bits per heavy atom. The van der Waals surface area contributed by atoms with E-state index in [1.54, 1.807) is 6.20 Å². The monoisotopic (exact) mass is 438 g/mol. The van der Waals surface area contributed by atoms with E-state index in [4.69, 9.17) is 4.98 Å². The van der Waals surface area contributed by atoms with Gasteiger partial charge in [0.1, 0.15) is 17.1 Å². The fourth-order valence-electron chi connectivity index (χ4n) is 3.35. The highest BCUT2D eigenvalue weighted by Gasteiger charge is 2.29. The maximum atomic E-state index is 14.8. The molecule has 1 aromatic heterocycles. The lowest BCUT2D eigenvalue weighted by Crippen LogP contribution is -2.28. The van der Waals surface area contributed by atoms with E-state index >= 15 is 0 Å². The molecule has 31 heavy (non-hydrogen) atoms. The molecule has 4 rings (SSSR count). The topological polar surface area (TPSA) is 17.8 Å². The van der Waals surface area contributed by atoms with Crippen LogP contribution < -0.4 is 16.2 Å². The molecule has 2 nitrogen and oxygen atoms in total. The van der Waals surface area contributed by atoms with Crippen molar-refractivity contribution in [2.45, 2.75) is 26.2 Å². The summed E-state index contributed by atoms with van der Waals surface area (Å²) in [5.74, 6) is -2.88. The third kappa shape index (κ3) is 4.28. The smallest absolute Gasteiger partial charge is 0.153 e. The van der Waals surface area contributed by atoms with Gasteiger partial charge in [0.15, 0.2) is 11.6 Å². The van der Waals surface area contributed by atoms with Crippen molar-refractivity contribution in [2.75, 3.05) is 0 Å². The van der Waals surface area contributed by atoms with E-state index in [1.807, 2.05) is 81.4 Å². The van der Waals surface area contributed by atoms with E-state index in [-0.39, 0.29) is 11.1 Å². The summed E-state index contributed by atoms with van der Waals surface area (Å²) in [6.45, 7) is 5.98. The molecule has 0 fully saturated rings. The number of hydrogen-bond donors (Lipinski definition) is 0. The van der Waals surface area contributed by atoms with Crippen molar-refractivity contribution in [1.29, 1.82) is 0 Å². The first-order valence-corrected chi connectivity index (χ1v) is 11.2. The third-order valence-electron chi connectivity index (χ3n) is 4.91. The maximum Gasteiger partial charge on any atom is 0.153 e. The van der Waals surface area contributed by atoms with Crippen molar-refractivity contribution in [3.63, 3.8) is 0 Å². The molecule has 6 heteroatoms. The molecule has 0 bridgehead atoms. The van der Waals surface area contributed by atoms with Gasteiger partial charge in [-0.3, -0.25) is 4.57 Å². The largest absolute Gasteiger partial charge is 0.294 e. The summed E-state index contributed by atoms with van der Waals surface area (Å²) < 4.78 is 44.7. The quantitative estimate of drug-likeness (QED) is 0.393. The molecule has 0 saturated carbocycles. The van der Waals surface area contributed by atoms with Gasteiger partial charge in [0.25, 0.3) is 0 Å². The Bertz CT molecular complexity index is 1140. The van der Waals surface area contributed by atoms with Gasteiger partial charge in [0.05, 0.1) is 5.69 Å². The molecule has 0 spiro atoms. The van der Waals surface area contributed by atoms with Gasteiger partial charge < -0.3 is 0 Å². The number of hydrogen-bond acceptors (Lipinski definition) is 1. The Morgan fingerprint density at radius 1 is 0.774 bits per heavy atom. The Morgan fingerprint density at radius 3 is 1.71 bits per heavy atom. The van der Waals surface area contributed by atoms with Crippen LogP contribution in [-0.4, -0.2) is 9.55 Å². The lowest BCUT2D eigenvalue weighted by Gasteiger charge is -2.20. The summed E-state index contributed by atoms with van der Waals surface area (Å²) in [4.78, 5) is 4.88. The average molecular weight is 438 g/mol.